The number of hydrogen-bond donors (Lipinski definition) is 2. The molecule has 1 aromatic rings. The van der Waals surface area contributed by atoms with Gasteiger partial charge in [-0.1, -0.05) is 19.1 Å². The van der Waals surface area contributed by atoms with Crippen molar-refractivity contribution >= 4 is 11.9 Å². The Morgan fingerprint density at radius 3 is 2.68 bits per heavy atom. The van der Waals surface area contributed by atoms with Crippen molar-refractivity contribution in [3.63, 3.8) is 0 Å². The van der Waals surface area contributed by atoms with Gasteiger partial charge < -0.3 is 20.3 Å². The zero-order chi connectivity index (χ0) is 20.4. The zero-order valence-electron chi connectivity index (χ0n) is 17.9. The molecule has 2 rings (SSSR count). The molecule has 1 aromatic carbocycles. The van der Waals surface area contributed by atoms with E-state index in [2.05, 4.69) is 49.6 Å². The molecule has 0 bridgehead atoms. The summed E-state index contributed by atoms with van der Waals surface area (Å²) < 4.78 is 6.08. The Morgan fingerprint density at radius 2 is 2.00 bits per heavy atom. The lowest BCUT2D eigenvalue weighted by Gasteiger charge is -2.17. The van der Waals surface area contributed by atoms with Gasteiger partial charge in [0.15, 0.2) is 5.96 Å². The molecule has 0 aliphatic carbocycles. The molecule has 0 saturated carbocycles. The summed E-state index contributed by atoms with van der Waals surface area (Å²) in [4.78, 5) is 18.8. The summed E-state index contributed by atoms with van der Waals surface area (Å²) in [5.74, 6) is 1.86. The van der Waals surface area contributed by atoms with Gasteiger partial charge in [0.25, 0.3) is 0 Å². The molecule has 1 amide bonds. The van der Waals surface area contributed by atoms with Crippen LogP contribution in [0.5, 0.6) is 5.75 Å². The molecule has 1 atom stereocenters. The van der Waals surface area contributed by atoms with Gasteiger partial charge in [-0.05, 0) is 51.7 Å². The summed E-state index contributed by atoms with van der Waals surface area (Å²) in [6, 6.07) is 6.24. The highest BCUT2D eigenvalue weighted by Gasteiger charge is 2.17. The third-order valence-corrected chi connectivity index (χ3v) is 4.97. The molecular formula is C22H36N4O2. The Balaban J connectivity index is 1.94. The zero-order valence-corrected chi connectivity index (χ0v) is 17.9. The van der Waals surface area contributed by atoms with Crippen molar-refractivity contribution in [3.8, 4) is 5.75 Å². The van der Waals surface area contributed by atoms with Crippen LogP contribution < -0.4 is 15.4 Å². The highest BCUT2D eigenvalue weighted by Crippen LogP contribution is 2.23. The number of likely N-dealkylation sites (tertiary alicyclic amines) is 1. The first kappa shape index (κ1) is 22.1. The van der Waals surface area contributed by atoms with Gasteiger partial charge in [0.05, 0.1) is 12.6 Å². The van der Waals surface area contributed by atoms with Crippen molar-refractivity contribution in [2.75, 3.05) is 26.2 Å². The van der Waals surface area contributed by atoms with E-state index in [4.69, 9.17) is 9.73 Å². The molecule has 1 fully saturated rings. The van der Waals surface area contributed by atoms with Crippen molar-refractivity contribution < 1.29 is 9.53 Å². The predicted octanol–water partition coefficient (Wildman–Crippen LogP) is 3.24. The molecule has 1 unspecified atom stereocenters. The summed E-state index contributed by atoms with van der Waals surface area (Å²) in [7, 11) is 0. The fourth-order valence-electron chi connectivity index (χ4n) is 3.12. The fourth-order valence-corrected chi connectivity index (χ4v) is 3.12. The second-order valence-corrected chi connectivity index (χ2v) is 7.41. The van der Waals surface area contributed by atoms with Crippen LogP contribution in [-0.4, -0.2) is 49.0 Å². The highest BCUT2D eigenvalue weighted by atomic mass is 16.5. The molecule has 1 aliphatic rings. The number of nitrogens with zero attached hydrogens (tertiary/aromatic N) is 2. The molecule has 1 heterocycles. The van der Waals surface area contributed by atoms with Crippen molar-refractivity contribution in [2.45, 2.75) is 66.0 Å². The number of rotatable bonds is 9. The number of guanidine groups is 1. The largest absolute Gasteiger partial charge is 0.490 e. The quantitative estimate of drug-likeness (QED) is 0.503. The van der Waals surface area contributed by atoms with Crippen LogP contribution in [0.2, 0.25) is 0 Å². The van der Waals surface area contributed by atoms with Crippen LogP contribution in [0.25, 0.3) is 0 Å². The number of ether oxygens (including phenoxy) is 1. The highest BCUT2D eigenvalue weighted by molar-refractivity contribution is 5.81. The number of amides is 1. The topological polar surface area (TPSA) is 66.0 Å². The molecule has 0 spiro atoms. The number of hydrogen-bond acceptors (Lipinski definition) is 3. The molecule has 0 radical (unpaired) electrons. The average molecular weight is 389 g/mol. The Morgan fingerprint density at radius 1 is 1.25 bits per heavy atom. The maximum Gasteiger partial charge on any atom is 0.224 e. The molecule has 6 nitrogen and oxygen atoms in total. The predicted molar refractivity (Wildman–Crippen MR) is 115 cm³/mol. The van der Waals surface area contributed by atoms with Crippen molar-refractivity contribution in [3.05, 3.63) is 29.3 Å². The standard InChI is InChI=1S/C22H36N4O2/c1-5-18(4)28-20-15-17(3)9-10-19(20)16-25-22(23-6-2)24-12-11-21(27)26-13-7-8-14-26/h9-10,15,18H,5-8,11-14,16H2,1-4H3,(H2,23,24,25). The van der Waals surface area contributed by atoms with Crippen LogP contribution in [0.15, 0.2) is 23.2 Å². The van der Waals surface area contributed by atoms with Crippen LogP contribution in [0, 0.1) is 6.92 Å². The van der Waals surface area contributed by atoms with E-state index in [1.807, 2.05) is 11.8 Å². The second-order valence-electron chi connectivity index (χ2n) is 7.41. The number of carbonyl (C=O) groups is 1. The average Bonchev–Trinajstić information content (AvgIpc) is 3.22. The number of aryl methyl sites for hydroxylation is 1. The molecule has 1 aliphatic heterocycles. The molecule has 2 N–H and O–H groups in total. The van der Waals surface area contributed by atoms with Crippen LogP contribution >= 0.6 is 0 Å². The molecular weight excluding hydrogens is 352 g/mol. The molecule has 1 saturated heterocycles. The molecule has 6 heteroatoms. The van der Waals surface area contributed by atoms with Gasteiger partial charge in [0.1, 0.15) is 5.75 Å². The monoisotopic (exact) mass is 388 g/mol. The first-order chi connectivity index (χ1) is 13.5. The van der Waals surface area contributed by atoms with Crippen molar-refractivity contribution in [1.82, 2.24) is 15.5 Å². The minimum atomic E-state index is 0.174. The summed E-state index contributed by atoms with van der Waals surface area (Å²) in [6.45, 7) is 12.0. The first-order valence-electron chi connectivity index (χ1n) is 10.6. The van der Waals surface area contributed by atoms with E-state index in [1.165, 1.54) is 5.56 Å². The lowest BCUT2D eigenvalue weighted by Crippen LogP contribution is -2.39. The van der Waals surface area contributed by atoms with Gasteiger partial charge in [0.2, 0.25) is 5.91 Å². The Kier molecular flexibility index (Phi) is 9.11. The van der Waals surface area contributed by atoms with Gasteiger partial charge in [-0.25, -0.2) is 4.99 Å². The number of carbonyl (C=O) groups excluding carboxylic acids is 1. The fraction of sp³-hybridized carbons (Fsp3) is 0.636. The van der Waals surface area contributed by atoms with Crippen LogP contribution in [0.3, 0.4) is 0 Å². The third-order valence-electron chi connectivity index (χ3n) is 4.97. The number of aliphatic imine (C=N–C) groups is 1. The molecule has 28 heavy (non-hydrogen) atoms. The van der Waals surface area contributed by atoms with E-state index in [-0.39, 0.29) is 12.0 Å². The van der Waals surface area contributed by atoms with Gasteiger partial charge >= 0.3 is 0 Å². The van der Waals surface area contributed by atoms with Gasteiger partial charge in [-0.15, -0.1) is 0 Å². The van der Waals surface area contributed by atoms with Crippen LogP contribution in [0.1, 0.15) is 57.6 Å². The smallest absolute Gasteiger partial charge is 0.224 e. The SMILES string of the molecule is CCNC(=NCc1ccc(C)cc1OC(C)CC)NCCC(=O)N1CCCC1. The summed E-state index contributed by atoms with van der Waals surface area (Å²) in [5.41, 5.74) is 2.24. The van der Waals surface area contributed by atoms with Gasteiger partial charge in [-0.2, -0.15) is 0 Å². The Labute approximate surface area is 169 Å². The molecule has 0 aromatic heterocycles. The van der Waals surface area contributed by atoms with E-state index in [0.29, 0.717) is 19.5 Å². The van der Waals surface area contributed by atoms with E-state index < -0.39 is 0 Å². The maximum atomic E-state index is 12.2. The normalized spacial score (nSPS) is 15.4. The van der Waals surface area contributed by atoms with Gasteiger partial charge in [0, 0.05) is 38.2 Å². The lowest BCUT2D eigenvalue weighted by molar-refractivity contribution is -0.129. The van der Waals surface area contributed by atoms with Crippen molar-refractivity contribution in [2.24, 2.45) is 4.99 Å². The maximum absolute atomic E-state index is 12.2. The Bertz CT molecular complexity index is 654. The van der Waals surface area contributed by atoms with E-state index in [0.717, 1.165) is 56.2 Å². The van der Waals surface area contributed by atoms with Crippen LogP contribution in [0.4, 0.5) is 0 Å². The third kappa shape index (κ3) is 7.06. The second kappa shape index (κ2) is 11.6. The van der Waals surface area contributed by atoms with Crippen LogP contribution in [-0.2, 0) is 11.3 Å². The van der Waals surface area contributed by atoms with E-state index in [9.17, 15) is 4.79 Å². The number of nitrogens with one attached hydrogen (secondary N) is 2. The minimum Gasteiger partial charge on any atom is -0.490 e. The number of benzene rings is 1. The summed E-state index contributed by atoms with van der Waals surface area (Å²) in [5, 5.41) is 6.53. The molecule has 156 valence electrons. The summed E-state index contributed by atoms with van der Waals surface area (Å²) in [6.07, 6.45) is 3.89. The van der Waals surface area contributed by atoms with Gasteiger partial charge in [-0.3, -0.25) is 4.79 Å². The van der Waals surface area contributed by atoms with E-state index >= 15 is 0 Å². The summed E-state index contributed by atoms with van der Waals surface area (Å²) >= 11 is 0. The first-order valence-corrected chi connectivity index (χ1v) is 10.6. The van der Waals surface area contributed by atoms with Crippen molar-refractivity contribution in [1.29, 1.82) is 0 Å². The lowest BCUT2D eigenvalue weighted by atomic mass is 10.1. The Hall–Kier alpha value is -2.24. The minimum absolute atomic E-state index is 0.174. The van der Waals surface area contributed by atoms with E-state index in [1.54, 1.807) is 0 Å².